The molecule has 0 aromatic carbocycles. The van der Waals surface area contributed by atoms with Crippen LogP contribution in [0, 0.1) is 5.92 Å². The number of nitrogens with zero attached hydrogens (tertiary/aromatic N) is 2. The maximum Gasteiger partial charge on any atom is 0.393 e. The molecule has 2 rings (SSSR count). The molecule has 3 nitrogen and oxygen atoms in total. The lowest BCUT2D eigenvalue weighted by Gasteiger charge is -2.34. The van der Waals surface area contributed by atoms with E-state index in [2.05, 4.69) is 10.3 Å². The number of anilines is 2. The number of rotatable bonds is 3. The highest BCUT2D eigenvalue weighted by Gasteiger charge is 2.42. The van der Waals surface area contributed by atoms with Crippen molar-refractivity contribution in [1.29, 1.82) is 0 Å². The fourth-order valence-electron chi connectivity index (χ4n) is 2.33. The van der Waals surface area contributed by atoms with Crippen LogP contribution in [-0.4, -0.2) is 30.8 Å². The molecule has 1 aliphatic rings. The number of hydrogen-bond acceptors (Lipinski definition) is 3. The zero-order chi connectivity index (χ0) is 13.9. The predicted molar refractivity (Wildman–Crippen MR) is 69.4 cm³/mol. The van der Waals surface area contributed by atoms with Crippen molar-refractivity contribution in [2.24, 2.45) is 5.92 Å². The highest BCUT2D eigenvalue weighted by molar-refractivity contribution is 5.47. The van der Waals surface area contributed by atoms with Crippen LogP contribution in [0.5, 0.6) is 0 Å². The molecule has 19 heavy (non-hydrogen) atoms. The number of aromatic nitrogens is 1. The molecule has 1 fully saturated rings. The van der Waals surface area contributed by atoms with E-state index < -0.39 is 12.1 Å². The van der Waals surface area contributed by atoms with Crippen LogP contribution < -0.4 is 10.2 Å². The molecule has 0 aliphatic carbocycles. The van der Waals surface area contributed by atoms with E-state index in [0.29, 0.717) is 24.6 Å². The van der Waals surface area contributed by atoms with Gasteiger partial charge in [-0.2, -0.15) is 13.2 Å². The van der Waals surface area contributed by atoms with Gasteiger partial charge < -0.3 is 10.2 Å². The standard InChI is InChI=1S/C13H18F3N3/c1-2-17-11-6-3-7-12(18-11)19-8-4-5-10(9-19)13(14,15)16/h3,6-7,10H,2,4-5,8-9H2,1H3,(H,17,18). The molecule has 0 bridgehead atoms. The molecule has 0 radical (unpaired) electrons. The first-order valence-corrected chi connectivity index (χ1v) is 6.53. The predicted octanol–water partition coefficient (Wildman–Crippen LogP) is 3.29. The molecule has 1 saturated heterocycles. The van der Waals surface area contributed by atoms with Crippen molar-refractivity contribution < 1.29 is 13.2 Å². The zero-order valence-corrected chi connectivity index (χ0v) is 10.9. The summed E-state index contributed by atoms with van der Waals surface area (Å²) in [6.07, 6.45) is -3.35. The van der Waals surface area contributed by atoms with Gasteiger partial charge in [0.1, 0.15) is 11.6 Å². The first-order chi connectivity index (χ1) is 9.00. The third-order valence-corrected chi connectivity index (χ3v) is 3.30. The summed E-state index contributed by atoms with van der Waals surface area (Å²) in [7, 11) is 0. The number of alkyl halides is 3. The van der Waals surface area contributed by atoms with E-state index in [9.17, 15) is 13.2 Å². The minimum absolute atomic E-state index is 0.00603. The van der Waals surface area contributed by atoms with Gasteiger partial charge in [0, 0.05) is 19.6 Å². The quantitative estimate of drug-likeness (QED) is 0.916. The van der Waals surface area contributed by atoms with Crippen LogP contribution in [0.1, 0.15) is 19.8 Å². The Bertz CT molecular complexity index is 420. The van der Waals surface area contributed by atoms with Gasteiger partial charge in [0.25, 0.3) is 0 Å². The van der Waals surface area contributed by atoms with E-state index >= 15 is 0 Å². The smallest absolute Gasteiger partial charge is 0.370 e. The van der Waals surface area contributed by atoms with Crippen LogP contribution in [0.3, 0.4) is 0 Å². The molecular formula is C13H18F3N3. The van der Waals surface area contributed by atoms with Gasteiger partial charge in [0.15, 0.2) is 0 Å². The van der Waals surface area contributed by atoms with Crippen molar-refractivity contribution in [3.05, 3.63) is 18.2 Å². The molecule has 2 heterocycles. The number of nitrogens with one attached hydrogen (secondary N) is 1. The third kappa shape index (κ3) is 3.52. The maximum absolute atomic E-state index is 12.8. The number of pyridine rings is 1. The summed E-state index contributed by atoms with van der Waals surface area (Å²) in [5.41, 5.74) is 0. The first kappa shape index (κ1) is 14.0. The second kappa shape index (κ2) is 5.67. The first-order valence-electron chi connectivity index (χ1n) is 6.53. The SMILES string of the molecule is CCNc1cccc(N2CCCC(C(F)(F)F)C2)n1. The van der Waals surface area contributed by atoms with Gasteiger partial charge in [0.2, 0.25) is 0 Å². The summed E-state index contributed by atoms with van der Waals surface area (Å²) in [4.78, 5) is 6.07. The minimum Gasteiger partial charge on any atom is -0.370 e. The Hall–Kier alpha value is -1.46. The average molecular weight is 273 g/mol. The van der Waals surface area contributed by atoms with Crippen molar-refractivity contribution in [3.63, 3.8) is 0 Å². The summed E-state index contributed by atoms with van der Waals surface area (Å²) in [5, 5.41) is 3.07. The average Bonchev–Trinajstić information content (AvgIpc) is 2.39. The normalized spacial score (nSPS) is 20.4. The fourth-order valence-corrected chi connectivity index (χ4v) is 2.33. The number of piperidine rings is 1. The van der Waals surface area contributed by atoms with Crippen molar-refractivity contribution in [2.45, 2.75) is 25.9 Å². The third-order valence-electron chi connectivity index (χ3n) is 3.30. The Balaban J connectivity index is 2.10. The van der Waals surface area contributed by atoms with Crippen LogP contribution in [0.4, 0.5) is 24.8 Å². The van der Waals surface area contributed by atoms with E-state index in [1.807, 2.05) is 19.1 Å². The van der Waals surface area contributed by atoms with Crippen molar-refractivity contribution in [2.75, 3.05) is 29.9 Å². The van der Waals surface area contributed by atoms with Gasteiger partial charge >= 0.3 is 6.18 Å². The Kier molecular flexibility index (Phi) is 4.17. The Labute approximate surface area is 110 Å². The number of hydrogen-bond donors (Lipinski definition) is 1. The Morgan fingerprint density at radius 1 is 1.42 bits per heavy atom. The van der Waals surface area contributed by atoms with E-state index in [-0.39, 0.29) is 13.0 Å². The van der Waals surface area contributed by atoms with Gasteiger partial charge in [-0.1, -0.05) is 6.07 Å². The summed E-state index contributed by atoms with van der Waals surface area (Å²) in [6.45, 7) is 3.33. The molecule has 0 spiro atoms. The molecule has 1 atom stereocenters. The summed E-state index contributed by atoms with van der Waals surface area (Å²) in [6, 6.07) is 5.40. The van der Waals surface area contributed by atoms with Gasteiger partial charge in [0.05, 0.1) is 5.92 Å². The Morgan fingerprint density at radius 3 is 2.89 bits per heavy atom. The van der Waals surface area contributed by atoms with Crippen molar-refractivity contribution >= 4 is 11.6 Å². The van der Waals surface area contributed by atoms with Crippen molar-refractivity contribution in [1.82, 2.24) is 4.98 Å². The molecule has 106 valence electrons. The fraction of sp³-hybridized carbons (Fsp3) is 0.615. The molecule has 1 aromatic rings. The molecule has 1 N–H and O–H groups in total. The van der Waals surface area contributed by atoms with E-state index in [4.69, 9.17) is 0 Å². The summed E-state index contributed by atoms with van der Waals surface area (Å²) in [5.74, 6) is 0.0763. The maximum atomic E-state index is 12.8. The molecule has 1 unspecified atom stereocenters. The van der Waals surface area contributed by atoms with Crippen LogP contribution in [0.15, 0.2) is 18.2 Å². The molecular weight excluding hydrogens is 255 g/mol. The van der Waals surface area contributed by atoms with Crippen LogP contribution >= 0.6 is 0 Å². The van der Waals surface area contributed by atoms with Gasteiger partial charge in [-0.25, -0.2) is 4.98 Å². The lowest BCUT2D eigenvalue weighted by molar-refractivity contribution is -0.176. The van der Waals surface area contributed by atoms with Crippen molar-refractivity contribution in [3.8, 4) is 0 Å². The molecule has 0 amide bonds. The second-order valence-electron chi connectivity index (χ2n) is 4.74. The summed E-state index contributed by atoms with van der Waals surface area (Å²) < 4.78 is 38.3. The van der Waals surface area contributed by atoms with Gasteiger partial charge in [-0.15, -0.1) is 0 Å². The zero-order valence-electron chi connectivity index (χ0n) is 10.9. The van der Waals surface area contributed by atoms with Gasteiger partial charge in [-0.05, 0) is 31.9 Å². The second-order valence-corrected chi connectivity index (χ2v) is 4.74. The van der Waals surface area contributed by atoms with Crippen LogP contribution in [0.2, 0.25) is 0 Å². The van der Waals surface area contributed by atoms with Crippen LogP contribution in [-0.2, 0) is 0 Å². The largest absolute Gasteiger partial charge is 0.393 e. The molecule has 1 aliphatic heterocycles. The van der Waals surface area contributed by atoms with E-state index in [1.165, 1.54) is 0 Å². The van der Waals surface area contributed by atoms with E-state index in [1.54, 1.807) is 11.0 Å². The molecule has 0 saturated carbocycles. The minimum atomic E-state index is -4.11. The van der Waals surface area contributed by atoms with Gasteiger partial charge in [-0.3, -0.25) is 0 Å². The molecule has 1 aromatic heterocycles. The topological polar surface area (TPSA) is 28.2 Å². The lowest BCUT2D eigenvalue weighted by Crippen LogP contribution is -2.42. The molecule has 6 heteroatoms. The highest BCUT2D eigenvalue weighted by atomic mass is 19.4. The van der Waals surface area contributed by atoms with Crippen LogP contribution in [0.25, 0.3) is 0 Å². The van der Waals surface area contributed by atoms with E-state index in [0.717, 1.165) is 6.54 Å². The Morgan fingerprint density at radius 2 is 2.21 bits per heavy atom. The lowest BCUT2D eigenvalue weighted by atomic mass is 9.97. The highest BCUT2D eigenvalue weighted by Crippen LogP contribution is 2.34. The number of halogens is 3. The monoisotopic (exact) mass is 273 g/mol. The summed E-state index contributed by atoms with van der Waals surface area (Å²) >= 11 is 0.